The monoisotopic (exact) mass is 362 g/mol. The van der Waals surface area contributed by atoms with Gasteiger partial charge in [-0.05, 0) is 42.0 Å². The molecule has 2 N–H and O–H groups in total. The van der Waals surface area contributed by atoms with Crippen LogP contribution in [0.1, 0.15) is 36.5 Å². The second kappa shape index (κ2) is 10.4. The molecule has 2 atom stereocenters. The Hall–Kier alpha value is -1.55. The molecule has 0 spiro atoms. The molecule has 0 bridgehead atoms. The Morgan fingerprint density at radius 1 is 0.920 bits per heavy atom. The van der Waals surface area contributed by atoms with Gasteiger partial charge in [-0.2, -0.15) is 0 Å². The number of para-hydroxylation sites is 1. The van der Waals surface area contributed by atoms with Crippen LogP contribution >= 0.6 is 11.6 Å². The zero-order valence-corrected chi connectivity index (χ0v) is 15.5. The molecule has 25 heavy (non-hydrogen) atoms. The fourth-order valence-electron chi connectivity index (χ4n) is 2.73. The normalized spacial score (nSPS) is 13.4. The molecule has 2 unspecified atom stereocenters. The summed E-state index contributed by atoms with van der Waals surface area (Å²) in [5.41, 5.74) is 3.57. The van der Waals surface area contributed by atoms with Crippen LogP contribution < -0.4 is 4.74 Å². The van der Waals surface area contributed by atoms with Crippen LogP contribution in [0.3, 0.4) is 0 Å². The van der Waals surface area contributed by atoms with E-state index in [4.69, 9.17) is 16.3 Å². The highest BCUT2D eigenvalue weighted by molar-refractivity contribution is 6.18. The Morgan fingerprint density at radius 2 is 1.56 bits per heavy atom. The van der Waals surface area contributed by atoms with Gasteiger partial charge in [-0.1, -0.05) is 49.4 Å². The first-order chi connectivity index (χ1) is 12.1. The average Bonchev–Trinajstić information content (AvgIpc) is 2.66. The van der Waals surface area contributed by atoms with Crippen LogP contribution in [0.2, 0.25) is 0 Å². The summed E-state index contributed by atoms with van der Waals surface area (Å²) in [6.45, 7) is 2.18. The highest BCUT2D eigenvalue weighted by atomic mass is 35.5. The molecular formula is C21H27ClO3. The van der Waals surface area contributed by atoms with E-state index >= 15 is 0 Å². The highest BCUT2D eigenvalue weighted by Gasteiger charge is 2.10. The van der Waals surface area contributed by atoms with Gasteiger partial charge in [-0.25, -0.2) is 0 Å². The largest absolute Gasteiger partial charge is 0.491 e. The molecule has 2 aromatic rings. The molecule has 0 aliphatic carbocycles. The number of halogens is 1. The lowest BCUT2D eigenvalue weighted by atomic mass is 9.95. The van der Waals surface area contributed by atoms with Gasteiger partial charge in [0.15, 0.2) is 0 Å². The van der Waals surface area contributed by atoms with Crippen LogP contribution in [-0.4, -0.2) is 34.9 Å². The molecule has 136 valence electrons. The van der Waals surface area contributed by atoms with Gasteiger partial charge in [0.1, 0.15) is 18.5 Å². The maximum atomic E-state index is 9.83. The summed E-state index contributed by atoms with van der Waals surface area (Å²) in [6, 6.07) is 16.2. The first-order valence-corrected chi connectivity index (χ1v) is 9.37. The van der Waals surface area contributed by atoms with Gasteiger partial charge in [0.25, 0.3) is 0 Å². The number of aliphatic hydroxyl groups is 2. The molecule has 2 aromatic carbocycles. The fraction of sp³-hybridized carbons (Fsp3) is 0.429. The van der Waals surface area contributed by atoms with Gasteiger partial charge in [0.05, 0.1) is 12.0 Å². The third-order valence-corrected chi connectivity index (χ3v) is 4.66. The van der Waals surface area contributed by atoms with Crippen LogP contribution in [0.4, 0.5) is 0 Å². The van der Waals surface area contributed by atoms with Crippen molar-refractivity contribution in [2.75, 3.05) is 12.5 Å². The van der Waals surface area contributed by atoms with Gasteiger partial charge in [-0.3, -0.25) is 0 Å². The van der Waals surface area contributed by atoms with E-state index < -0.39 is 6.10 Å². The van der Waals surface area contributed by atoms with Crippen molar-refractivity contribution in [2.24, 2.45) is 0 Å². The van der Waals surface area contributed by atoms with Crippen LogP contribution in [0.15, 0.2) is 48.5 Å². The standard InChI is InChI=1S/C21H27ClO3/c1-2-19(23)12-11-16-7-3-4-8-17(16)13-18-9-5-6-10-21(18)25-15-20(24)14-22/h3-10,19-20,23-24H,2,11-15H2,1H3. The molecule has 0 fully saturated rings. The smallest absolute Gasteiger partial charge is 0.122 e. The van der Waals surface area contributed by atoms with Gasteiger partial charge in [-0.15, -0.1) is 11.6 Å². The maximum absolute atomic E-state index is 9.83. The predicted octanol–water partition coefficient (Wildman–Crippen LogP) is 3.96. The first kappa shape index (κ1) is 19.8. The lowest BCUT2D eigenvalue weighted by Crippen LogP contribution is -2.19. The van der Waals surface area contributed by atoms with E-state index in [0.717, 1.165) is 37.0 Å². The zero-order valence-electron chi connectivity index (χ0n) is 14.7. The molecule has 2 rings (SSSR count). The number of rotatable bonds is 10. The molecule has 0 radical (unpaired) electrons. The third-order valence-electron chi connectivity index (χ3n) is 4.30. The minimum absolute atomic E-state index is 0.157. The maximum Gasteiger partial charge on any atom is 0.122 e. The van der Waals surface area contributed by atoms with Gasteiger partial charge < -0.3 is 14.9 Å². The van der Waals surface area contributed by atoms with Crippen molar-refractivity contribution in [3.63, 3.8) is 0 Å². The van der Waals surface area contributed by atoms with Crippen molar-refractivity contribution in [1.29, 1.82) is 0 Å². The number of aryl methyl sites for hydroxylation is 1. The number of benzene rings is 2. The summed E-state index contributed by atoms with van der Waals surface area (Å²) in [6.07, 6.45) is 2.25. The molecule has 3 nitrogen and oxygen atoms in total. The Balaban J connectivity index is 2.11. The Morgan fingerprint density at radius 3 is 2.24 bits per heavy atom. The second-order valence-electron chi connectivity index (χ2n) is 6.27. The Labute approximate surface area is 155 Å². The van der Waals surface area contributed by atoms with Crippen LogP contribution in [0.25, 0.3) is 0 Å². The summed E-state index contributed by atoms with van der Waals surface area (Å²) in [4.78, 5) is 0. The highest BCUT2D eigenvalue weighted by Crippen LogP contribution is 2.24. The summed E-state index contributed by atoms with van der Waals surface area (Å²) >= 11 is 5.63. The van der Waals surface area contributed by atoms with Crippen LogP contribution in [0, 0.1) is 0 Å². The van der Waals surface area contributed by atoms with Crippen molar-refractivity contribution in [1.82, 2.24) is 0 Å². The van der Waals surface area contributed by atoms with Crippen molar-refractivity contribution in [2.45, 2.75) is 44.8 Å². The summed E-state index contributed by atoms with van der Waals surface area (Å²) in [7, 11) is 0. The van der Waals surface area contributed by atoms with Crippen molar-refractivity contribution in [3.05, 3.63) is 65.2 Å². The molecule has 4 heteroatoms. The summed E-state index contributed by atoms with van der Waals surface area (Å²) in [5.74, 6) is 0.931. The number of aliphatic hydroxyl groups excluding tert-OH is 2. The van der Waals surface area contributed by atoms with Gasteiger partial charge >= 0.3 is 0 Å². The molecule has 0 aliphatic heterocycles. The van der Waals surface area contributed by atoms with Crippen LogP contribution in [-0.2, 0) is 12.8 Å². The van der Waals surface area contributed by atoms with Crippen molar-refractivity contribution >= 4 is 11.6 Å². The Bertz CT molecular complexity index is 589. The fourth-order valence-corrected chi connectivity index (χ4v) is 2.82. The lowest BCUT2D eigenvalue weighted by molar-refractivity contribution is 0.125. The van der Waals surface area contributed by atoms with E-state index in [1.54, 1.807) is 0 Å². The lowest BCUT2D eigenvalue weighted by Gasteiger charge is -2.16. The number of alkyl halides is 1. The SMILES string of the molecule is CCC(O)CCc1ccccc1Cc1ccccc1OCC(O)CCl. The molecule has 0 aliphatic rings. The van der Waals surface area contributed by atoms with Crippen molar-refractivity contribution in [3.8, 4) is 5.75 Å². The molecule has 0 saturated carbocycles. The molecule has 0 heterocycles. The summed E-state index contributed by atoms with van der Waals surface area (Å²) in [5, 5.41) is 19.4. The predicted molar refractivity (Wildman–Crippen MR) is 103 cm³/mol. The number of hydrogen-bond donors (Lipinski definition) is 2. The van der Waals surface area contributed by atoms with Crippen molar-refractivity contribution < 1.29 is 14.9 Å². The average molecular weight is 363 g/mol. The van der Waals surface area contributed by atoms with E-state index in [0.29, 0.717) is 0 Å². The minimum atomic E-state index is -0.669. The van der Waals surface area contributed by atoms with E-state index in [1.807, 2.05) is 43.3 Å². The minimum Gasteiger partial charge on any atom is -0.491 e. The molecule has 0 aromatic heterocycles. The first-order valence-electron chi connectivity index (χ1n) is 8.83. The van der Waals surface area contributed by atoms with Crippen LogP contribution in [0.5, 0.6) is 5.75 Å². The molecule has 0 amide bonds. The summed E-state index contributed by atoms with van der Waals surface area (Å²) < 4.78 is 5.74. The zero-order chi connectivity index (χ0) is 18.1. The number of hydrogen-bond acceptors (Lipinski definition) is 3. The van der Waals surface area contributed by atoms with Gasteiger partial charge in [0.2, 0.25) is 0 Å². The quantitative estimate of drug-likeness (QED) is 0.629. The number of ether oxygens (including phenoxy) is 1. The second-order valence-corrected chi connectivity index (χ2v) is 6.58. The van der Waals surface area contributed by atoms with E-state index in [1.165, 1.54) is 11.1 Å². The van der Waals surface area contributed by atoms with E-state index in [-0.39, 0.29) is 18.6 Å². The van der Waals surface area contributed by atoms with E-state index in [2.05, 4.69) is 12.1 Å². The molecule has 0 saturated heterocycles. The van der Waals surface area contributed by atoms with E-state index in [9.17, 15) is 10.2 Å². The Kier molecular flexibility index (Phi) is 8.26. The third kappa shape index (κ3) is 6.35. The molecular weight excluding hydrogens is 336 g/mol. The van der Waals surface area contributed by atoms with Gasteiger partial charge in [0, 0.05) is 6.42 Å². The topological polar surface area (TPSA) is 49.7 Å².